The lowest BCUT2D eigenvalue weighted by atomic mass is 10.2. The molecule has 0 aliphatic rings. The number of methoxy groups -OCH3 is 2. The molecule has 0 aliphatic carbocycles. The smallest absolute Gasteiger partial charge is 0.251 e. The van der Waals surface area contributed by atoms with Crippen molar-refractivity contribution in [3.63, 3.8) is 0 Å². The minimum Gasteiger partial charge on any atom is -0.493 e. The van der Waals surface area contributed by atoms with Gasteiger partial charge >= 0.3 is 0 Å². The standard InChI is InChI=1S/C18H16BrN3O4/c1-24-14-7-6-11(9-15(14)25-2)17-21-16(26-22-17)10-20-18(23)12-4-3-5-13(19)8-12/h3-9H,10H2,1-2H3,(H,20,23). The third-order valence-corrected chi connectivity index (χ3v) is 4.09. The second kappa shape index (κ2) is 8.01. The summed E-state index contributed by atoms with van der Waals surface area (Å²) in [6.45, 7) is 0.131. The zero-order valence-electron chi connectivity index (χ0n) is 14.2. The van der Waals surface area contributed by atoms with Crippen LogP contribution in [-0.4, -0.2) is 30.3 Å². The number of aromatic nitrogens is 2. The summed E-state index contributed by atoms with van der Waals surface area (Å²) < 4.78 is 16.5. The molecular formula is C18H16BrN3O4. The molecule has 1 N–H and O–H groups in total. The molecule has 0 fully saturated rings. The first kappa shape index (κ1) is 17.9. The average molecular weight is 418 g/mol. The molecule has 1 heterocycles. The SMILES string of the molecule is COc1ccc(-c2noc(CNC(=O)c3cccc(Br)c3)n2)cc1OC. The van der Waals surface area contributed by atoms with Crippen LogP contribution < -0.4 is 14.8 Å². The predicted molar refractivity (Wildman–Crippen MR) is 98.2 cm³/mol. The van der Waals surface area contributed by atoms with Crippen LogP contribution in [0.3, 0.4) is 0 Å². The van der Waals surface area contributed by atoms with Gasteiger partial charge in [-0.25, -0.2) is 0 Å². The number of ether oxygens (including phenoxy) is 2. The topological polar surface area (TPSA) is 86.5 Å². The van der Waals surface area contributed by atoms with E-state index in [-0.39, 0.29) is 12.5 Å². The summed E-state index contributed by atoms with van der Waals surface area (Å²) in [6, 6.07) is 12.4. The maximum Gasteiger partial charge on any atom is 0.251 e. The van der Waals surface area contributed by atoms with Crippen LogP contribution in [0.5, 0.6) is 11.5 Å². The highest BCUT2D eigenvalue weighted by Gasteiger charge is 2.13. The maximum absolute atomic E-state index is 12.1. The Bertz CT molecular complexity index is 926. The molecule has 2 aromatic carbocycles. The number of hydrogen-bond donors (Lipinski definition) is 1. The number of hydrogen-bond acceptors (Lipinski definition) is 6. The molecule has 7 nitrogen and oxygen atoms in total. The van der Waals surface area contributed by atoms with E-state index in [9.17, 15) is 4.79 Å². The van der Waals surface area contributed by atoms with E-state index in [1.54, 1.807) is 50.6 Å². The number of carbonyl (C=O) groups is 1. The van der Waals surface area contributed by atoms with Gasteiger partial charge in [-0.2, -0.15) is 4.98 Å². The van der Waals surface area contributed by atoms with Gasteiger partial charge in [0, 0.05) is 15.6 Å². The number of nitrogens with one attached hydrogen (secondary N) is 1. The molecule has 0 radical (unpaired) electrons. The zero-order chi connectivity index (χ0) is 18.5. The van der Waals surface area contributed by atoms with Gasteiger partial charge in [-0.3, -0.25) is 4.79 Å². The van der Waals surface area contributed by atoms with Crippen LogP contribution in [0.25, 0.3) is 11.4 Å². The van der Waals surface area contributed by atoms with Crippen LogP contribution in [0, 0.1) is 0 Å². The molecule has 0 saturated carbocycles. The van der Waals surface area contributed by atoms with E-state index in [2.05, 4.69) is 31.4 Å². The molecule has 0 spiro atoms. The summed E-state index contributed by atoms with van der Waals surface area (Å²) in [6.07, 6.45) is 0. The van der Waals surface area contributed by atoms with Crippen molar-refractivity contribution < 1.29 is 18.8 Å². The minimum atomic E-state index is -0.225. The number of rotatable bonds is 6. The molecule has 0 bridgehead atoms. The fourth-order valence-corrected chi connectivity index (χ4v) is 2.71. The van der Waals surface area contributed by atoms with E-state index in [1.807, 2.05) is 6.07 Å². The fourth-order valence-electron chi connectivity index (χ4n) is 2.31. The highest BCUT2D eigenvalue weighted by atomic mass is 79.9. The first-order chi connectivity index (χ1) is 12.6. The van der Waals surface area contributed by atoms with Crippen LogP contribution in [0.15, 0.2) is 51.5 Å². The van der Waals surface area contributed by atoms with Crippen molar-refractivity contribution in [3.05, 3.63) is 58.4 Å². The molecular weight excluding hydrogens is 402 g/mol. The lowest BCUT2D eigenvalue weighted by molar-refractivity contribution is 0.0946. The maximum atomic E-state index is 12.1. The van der Waals surface area contributed by atoms with Crippen molar-refractivity contribution >= 4 is 21.8 Å². The van der Waals surface area contributed by atoms with Gasteiger partial charge in [-0.1, -0.05) is 27.2 Å². The van der Waals surface area contributed by atoms with Gasteiger partial charge in [0.15, 0.2) is 11.5 Å². The number of benzene rings is 2. The van der Waals surface area contributed by atoms with Crippen molar-refractivity contribution in [2.45, 2.75) is 6.54 Å². The van der Waals surface area contributed by atoms with E-state index >= 15 is 0 Å². The van der Waals surface area contributed by atoms with Gasteiger partial charge in [0.05, 0.1) is 20.8 Å². The van der Waals surface area contributed by atoms with Crippen LogP contribution in [0.1, 0.15) is 16.2 Å². The first-order valence-electron chi connectivity index (χ1n) is 7.69. The number of amides is 1. The first-order valence-corrected chi connectivity index (χ1v) is 8.48. The summed E-state index contributed by atoms with van der Waals surface area (Å²) in [4.78, 5) is 16.4. The van der Waals surface area contributed by atoms with Crippen LogP contribution in [0.4, 0.5) is 0 Å². The minimum absolute atomic E-state index is 0.131. The Morgan fingerprint density at radius 1 is 1.15 bits per heavy atom. The van der Waals surface area contributed by atoms with Crippen molar-refractivity contribution in [1.29, 1.82) is 0 Å². The lowest BCUT2D eigenvalue weighted by Crippen LogP contribution is -2.22. The summed E-state index contributed by atoms with van der Waals surface area (Å²) in [7, 11) is 3.12. The van der Waals surface area contributed by atoms with Gasteiger partial charge in [0.25, 0.3) is 5.91 Å². The molecule has 134 valence electrons. The molecule has 26 heavy (non-hydrogen) atoms. The Balaban J connectivity index is 1.69. The van der Waals surface area contributed by atoms with Gasteiger partial charge in [-0.05, 0) is 36.4 Å². The number of halogens is 1. The third kappa shape index (κ3) is 4.02. The quantitative estimate of drug-likeness (QED) is 0.660. The number of nitrogens with zero attached hydrogens (tertiary/aromatic N) is 2. The Morgan fingerprint density at radius 2 is 1.96 bits per heavy atom. The second-order valence-corrected chi connectivity index (χ2v) is 6.19. The number of carbonyl (C=O) groups excluding carboxylic acids is 1. The van der Waals surface area contributed by atoms with Crippen molar-refractivity contribution in [2.75, 3.05) is 14.2 Å². The van der Waals surface area contributed by atoms with Gasteiger partial charge in [0.2, 0.25) is 11.7 Å². The Morgan fingerprint density at radius 3 is 2.69 bits per heavy atom. The summed E-state index contributed by atoms with van der Waals surface area (Å²) in [5, 5.41) is 6.69. The second-order valence-electron chi connectivity index (χ2n) is 5.27. The van der Waals surface area contributed by atoms with E-state index in [0.29, 0.717) is 28.8 Å². The van der Waals surface area contributed by atoms with Crippen LogP contribution in [-0.2, 0) is 6.54 Å². The van der Waals surface area contributed by atoms with Gasteiger partial charge < -0.3 is 19.3 Å². The summed E-state index contributed by atoms with van der Waals surface area (Å²) in [5.41, 5.74) is 1.26. The Kier molecular flexibility index (Phi) is 5.52. The average Bonchev–Trinajstić information content (AvgIpc) is 3.14. The molecule has 3 aromatic rings. The van der Waals surface area contributed by atoms with E-state index in [4.69, 9.17) is 14.0 Å². The summed E-state index contributed by atoms with van der Waals surface area (Å²) >= 11 is 3.34. The third-order valence-electron chi connectivity index (χ3n) is 3.60. The van der Waals surface area contributed by atoms with Crippen LogP contribution >= 0.6 is 15.9 Å². The molecule has 1 amide bonds. The highest BCUT2D eigenvalue weighted by molar-refractivity contribution is 9.10. The van der Waals surface area contributed by atoms with Crippen molar-refractivity contribution in [2.24, 2.45) is 0 Å². The molecule has 8 heteroatoms. The van der Waals surface area contributed by atoms with E-state index in [0.717, 1.165) is 10.0 Å². The fraction of sp³-hybridized carbons (Fsp3) is 0.167. The van der Waals surface area contributed by atoms with Gasteiger partial charge in [-0.15, -0.1) is 0 Å². The van der Waals surface area contributed by atoms with E-state index in [1.165, 1.54) is 0 Å². The highest BCUT2D eigenvalue weighted by Crippen LogP contribution is 2.31. The zero-order valence-corrected chi connectivity index (χ0v) is 15.7. The largest absolute Gasteiger partial charge is 0.493 e. The molecule has 0 unspecified atom stereocenters. The van der Waals surface area contributed by atoms with Crippen molar-refractivity contribution in [3.8, 4) is 22.9 Å². The van der Waals surface area contributed by atoms with E-state index < -0.39 is 0 Å². The Labute approximate surface area is 158 Å². The molecule has 0 atom stereocenters. The monoisotopic (exact) mass is 417 g/mol. The van der Waals surface area contributed by atoms with Crippen LogP contribution in [0.2, 0.25) is 0 Å². The van der Waals surface area contributed by atoms with Gasteiger partial charge in [0.1, 0.15) is 0 Å². The Hall–Kier alpha value is -2.87. The lowest BCUT2D eigenvalue weighted by Gasteiger charge is -2.07. The normalized spacial score (nSPS) is 10.4. The molecule has 3 rings (SSSR count). The summed E-state index contributed by atoms with van der Waals surface area (Å²) in [5.74, 6) is 1.66. The predicted octanol–water partition coefficient (Wildman–Crippen LogP) is 3.45. The van der Waals surface area contributed by atoms with Crippen molar-refractivity contribution in [1.82, 2.24) is 15.5 Å². The molecule has 1 aromatic heterocycles. The molecule has 0 saturated heterocycles. The molecule has 0 aliphatic heterocycles.